The molecule has 0 aromatic carbocycles. The van der Waals surface area contributed by atoms with Gasteiger partial charge in [-0.05, 0) is 44.9 Å². The number of carbonyl (C=O) groups excluding carboxylic acids is 1. The molecule has 2 N–H and O–H groups in total. The van der Waals surface area contributed by atoms with Crippen molar-refractivity contribution in [1.29, 1.82) is 0 Å². The number of aliphatic hydroxyl groups is 2. The SMILES string of the molecule is CO[C@@H]1O[C@H](O)[C@@]2(CC[C@@]3(O2)[C@@H](C)C[C@H]2OC(=O)[C@]4(C)CCC[C@@]3(C)[C@H]24)[C@@H]1O. The van der Waals surface area contributed by atoms with Crippen LogP contribution in [0.2, 0.25) is 0 Å². The minimum atomic E-state index is -1.24. The molecule has 7 nitrogen and oxygen atoms in total. The number of carbonyl (C=O) groups is 1. The third kappa shape index (κ3) is 1.95. The Bertz CT molecular complexity index is 698. The summed E-state index contributed by atoms with van der Waals surface area (Å²) in [5.41, 5.74) is -2.50. The van der Waals surface area contributed by atoms with E-state index in [0.717, 1.165) is 25.7 Å². The van der Waals surface area contributed by atoms with Crippen molar-refractivity contribution >= 4 is 5.97 Å². The fraction of sp³-hybridized carbons (Fsp3) is 0.952. The van der Waals surface area contributed by atoms with Gasteiger partial charge in [-0.1, -0.05) is 20.3 Å². The average Bonchev–Trinajstić information content (AvgIpc) is 3.24. The Morgan fingerprint density at radius 3 is 2.57 bits per heavy atom. The largest absolute Gasteiger partial charge is 0.462 e. The number of ether oxygens (including phenoxy) is 4. The molecule has 3 saturated heterocycles. The molecule has 0 aromatic rings. The van der Waals surface area contributed by atoms with E-state index in [1.165, 1.54) is 7.11 Å². The first-order valence-electron chi connectivity index (χ1n) is 10.6. The standard InChI is InChI=1S/C21H32O7/c1-11-10-12-13-18(2,16(23)26-12)6-5-7-19(13,3)21(11)9-8-20(28-21)14(22)15(25-4)27-17(20)24/h11-15,17,22,24H,5-10H2,1-4H3/t11-,12+,13+,14+,15+,17-,18+,19-,20+,21+/m0/s1. The lowest BCUT2D eigenvalue weighted by Gasteiger charge is -2.62. The molecule has 2 spiro atoms. The maximum Gasteiger partial charge on any atom is 0.312 e. The molecule has 10 atom stereocenters. The van der Waals surface area contributed by atoms with E-state index in [1.807, 2.05) is 0 Å². The van der Waals surface area contributed by atoms with Crippen LogP contribution in [0.25, 0.3) is 0 Å². The summed E-state index contributed by atoms with van der Waals surface area (Å²) in [4.78, 5) is 12.8. The Kier molecular flexibility index (Phi) is 3.92. The summed E-state index contributed by atoms with van der Waals surface area (Å²) < 4.78 is 23.4. The number of rotatable bonds is 1. The summed E-state index contributed by atoms with van der Waals surface area (Å²) in [5, 5.41) is 21.6. The third-order valence-electron chi connectivity index (χ3n) is 9.14. The van der Waals surface area contributed by atoms with Crippen molar-refractivity contribution in [2.75, 3.05) is 7.11 Å². The third-order valence-corrected chi connectivity index (χ3v) is 9.14. The number of methoxy groups -OCH3 is 1. The second-order valence-electron chi connectivity index (χ2n) is 10.2. The van der Waals surface area contributed by atoms with Crippen LogP contribution < -0.4 is 0 Å². The Balaban J connectivity index is 1.58. The van der Waals surface area contributed by atoms with Gasteiger partial charge in [-0.15, -0.1) is 0 Å². The first-order valence-corrected chi connectivity index (χ1v) is 10.6. The van der Waals surface area contributed by atoms with Crippen LogP contribution in [0.15, 0.2) is 0 Å². The van der Waals surface area contributed by atoms with Crippen LogP contribution >= 0.6 is 0 Å². The monoisotopic (exact) mass is 396 g/mol. The van der Waals surface area contributed by atoms with Crippen LogP contribution in [0.4, 0.5) is 0 Å². The van der Waals surface area contributed by atoms with Gasteiger partial charge in [0, 0.05) is 18.4 Å². The van der Waals surface area contributed by atoms with Gasteiger partial charge in [0.2, 0.25) is 0 Å². The Labute approximate surface area is 165 Å². The predicted octanol–water partition coefficient (Wildman–Crippen LogP) is 1.73. The molecule has 0 aromatic heterocycles. The van der Waals surface area contributed by atoms with Crippen LogP contribution in [-0.2, 0) is 23.7 Å². The summed E-state index contributed by atoms with van der Waals surface area (Å²) in [7, 11) is 1.45. The zero-order chi connectivity index (χ0) is 20.1. The van der Waals surface area contributed by atoms with Gasteiger partial charge < -0.3 is 29.2 Å². The van der Waals surface area contributed by atoms with E-state index in [2.05, 4.69) is 20.8 Å². The molecule has 0 amide bonds. The van der Waals surface area contributed by atoms with Gasteiger partial charge in [0.15, 0.2) is 18.2 Å². The van der Waals surface area contributed by atoms with Crippen LogP contribution in [0.3, 0.4) is 0 Å². The predicted molar refractivity (Wildman–Crippen MR) is 96.9 cm³/mol. The van der Waals surface area contributed by atoms with E-state index in [9.17, 15) is 15.0 Å². The molecular formula is C21H32O7. The van der Waals surface area contributed by atoms with Gasteiger partial charge in [0.25, 0.3) is 0 Å². The van der Waals surface area contributed by atoms with Gasteiger partial charge in [-0.3, -0.25) is 4.79 Å². The number of aliphatic hydroxyl groups excluding tert-OH is 2. The first kappa shape index (κ1) is 19.2. The lowest BCUT2D eigenvalue weighted by molar-refractivity contribution is -0.286. The molecule has 5 fully saturated rings. The molecule has 5 rings (SSSR count). The zero-order valence-corrected chi connectivity index (χ0v) is 17.1. The van der Waals surface area contributed by atoms with E-state index >= 15 is 0 Å². The van der Waals surface area contributed by atoms with E-state index in [-0.39, 0.29) is 29.3 Å². The van der Waals surface area contributed by atoms with Crippen LogP contribution in [-0.4, -0.2) is 59.3 Å². The van der Waals surface area contributed by atoms with Crippen molar-refractivity contribution in [3.63, 3.8) is 0 Å². The van der Waals surface area contributed by atoms with Crippen molar-refractivity contribution in [3.8, 4) is 0 Å². The lowest BCUT2D eigenvalue weighted by atomic mass is 9.44. The van der Waals surface area contributed by atoms with E-state index in [1.54, 1.807) is 0 Å². The van der Waals surface area contributed by atoms with Crippen molar-refractivity contribution in [2.24, 2.45) is 22.7 Å². The second-order valence-corrected chi connectivity index (χ2v) is 10.2. The summed E-state index contributed by atoms with van der Waals surface area (Å²) in [6, 6.07) is 0. The van der Waals surface area contributed by atoms with Crippen molar-refractivity contribution in [1.82, 2.24) is 0 Å². The summed E-state index contributed by atoms with van der Waals surface area (Å²) in [5.74, 6) is 0.143. The Morgan fingerprint density at radius 1 is 1.14 bits per heavy atom. The molecular weight excluding hydrogens is 364 g/mol. The van der Waals surface area contributed by atoms with Crippen molar-refractivity contribution in [3.05, 3.63) is 0 Å². The summed E-state index contributed by atoms with van der Waals surface area (Å²) in [6.07, 6.45) is 1.41. The summed E-state index contributed by atoms with van der Waals surface area (Å²) in [6.45, 7) is 6.44. The normalized spacial score (nSPS) is 60.4. The fourth-order valence-corrected chi connectivity index (χ4v) is 7.82. The molecule has 0 unspecified atom stereocenters. The maximum atomic E-state index is 12.8. The Hall–Kier alpha value is -0.730. The van der Waals surface area contributed by atoms with E-state index in [0.29, 0.717) is 12.8 Å². The minimum absolute atomic E-state index is 0.0749. The fourth-order valence-electron chi connectivity index (χ4n) is 7.82. The zero-order valence-electron chi connectivity index (χ0n) is 17.1. The molecule has 3 aliphatic heterocycles. The number of fused-ring (bicyclic) bond motifs is 1. The summed E-state index contributed by atoms with van der Waals surface area (Å²) >= 11 is 0. The molecule has 0 bridgehead atoms. The number of hydrogen-bond donors (Lipinski definition) is 2. The second kappa shape index (κ2) is 5.70. The average molecular weight is 396 g/mol. The quantitative estimate of drug-likeness (QED) is 0.652. The molecule has 3 heterocycles. The van der Waals surface area contributed by atoms with Crippen LogP contribution in [0.1, 0.15) is 59.3 Å². The molecule has 7 heteroatoms. The van der Waals surface area contributed by atoms with Gasteiger partial charge in [0.05, 0.1) is 11.0 Å². The van der Waals surface area contributed by atoms with Gasteiger partial charge in [-0.2, -0.15) is 0 Å². The smallest absolute Gasteiger partial charge is 0.312 e. The lowest BCUT2D eigenvalue weighted by Crippen LogP contribution is -2.66. The Morgan fingerprint density at radius 2 is 1.89 bits per heavy atom. The highest BCUT2D eigenvalue weighted by Crippen LogP contribution is 2.71. The minimum Gasteiger partial charge on any atom is -0.462 e. The van der Waals surface area contributed by atoms with Crippen molar-refractivity contribution < 1.29 is 34.0 Å². The van der Waals surface area contributed by atoms with Crippen molar-refractivity contribution in [2.45, 2.75) is 95.3 Å². The molecule has 158 valence electrons. The molecule has 0 radical (unpaired) electrons. The van der Waals surface area contributed by atoms with Gasteiger partial charge in [-0.25, -0.2) is 0 Å². The van der Waals surface area contributed by atoms with Gasteiger partial charge >= 0.3 is 5.97 Å². The number of hydrogen-bond acceptors (Lipinski definition) is 7. The highest BCUT2D eigenvalue weighted by atomic mass is 16.8. The molecule has 5 aliphatic rings. The first-order chi connectivity index (χ1) is 13.1. The highest BCUT2D eigenvalue weighted by molar-refractivity contribution is 5.80. The topological polar surface area (TPSA) is 94.5 Å². The van der Waals surface area contributed by atoms with E-state index < -0.39 is 35.3 Å². The van der Waals surface area contributed by atoms with Crippen LogP contribution in [0, 0.1) is 22.7 Å². The number of esters is 1. The van der Waals surface area contributed by atoms with Crippen LogP contribution in [0.5, 0.6) is 0 Å². The molecule has 2 saturated carbocycles. The highest BCUT2D eigenvalue weighted by Gasteiger charge is 2.76. The molecule has 28 heavy (non-hydrogen) atoms. The molecule has 2 aliphatic carbocycles. The maximum absolute atomic E-state index is 12.8. The van der Waals surface area contributed by atoms with E-state index in [4.69, 9.17) is 18.9 Å². The van der Waals surface area contributed by atoms with Gasteiger partial charge in [0.1, 0.15) is 12.2 Å².